The number of aliphatic hydroxyl groups is 11. The highest BCUT2D eigenvalue weighted by Gasteiger charge is 2.60. The molecule has 23 heteroatoms. The number of ether oxygens (including phenoxy) is 6. The maximum Gasteiger partial charge on any atom is 0.364 e. The van der Waals surface area contributed by atoms with Gasteiger partial charge in [0.15, 0.2) is 12.6 Å². The van der Waals surface area contributed by atoms with E-state index in [1.807, 2.05) is 6.08 Å². The summed E-state index contributed by atoms with van der Waals surface area (Å²) in [5, 5.41) is 136. The molecular formula is C72H132N2O21. The summed E-state index contributed by atoms with van der Waals surface area (Å²) in [7, 11) is 0. The van der Waals surface area contributed by atoms with Crippen LogP contribution >= 0.6 is 0 Å². The second-order valence-electron chi connectivity index (χ2n) is 27.2. The highest BCUT2D eigenvalue weighted by Crippen LogP contribution is 2.39. The van der Waals surface area contributed by atoms with Crippen LogP contribution < -0.4 is 10.6 Å². The molecule has 0 aliphatic carbocycles. The summed E-state index contributed by atoms with van der Waals surface area (Å²) >= 11 is 0. The largest absolute Gasteiger partial charge is 0.477 e. The van der Waals surface area contributed by atoms with Crippen LogP contribution in [0.25, 0.3) is 0 Å². The van der Waals surface area contributed by atoms with E-state index in [1.165, 1.54) is 173 Å². The molecule has 3 fully saturated rings. The Morgan fingerprint density at radius 2 is 0.989 bits per heavy atom. The van der Waals surface area contributed by atoms with Crippen molar-refractivity contribution < 1.29 is 104 Å². The minimum atomic E-state index is -3.08. The predicted molar refractivity (Wildman–Crippen MR) is 361 cm³/mol. The fraction of sp³-hybridized carbons (Fsp3) is 0.903. The molecular weight excluding hydrogens is 1230 g/mol. The highest BCUT2D eigenvalue weighted by molar-refractivity contribution is 5.77. The van der Waals surface area contributed by atoms with Gasteiger partial charge >= 0.3 is 5.97 Å². The molecule has 23 nitrogen and oxygen atoms in total. The normalized spacial score (nSPS) is 27.8. The average Bonchev–Trinajstić information content (AvgIpc) is 0.758. The summed E-state index contributed by atoms with van der Waals surface area (Å²) in [5.41, 5.74) is 0. The van der Waals surface area contributed by atoms with Crippen LogP contribution in [0.2, 0.25) is 0 Å². The number of amides is 2. The van der Waals surface area contributed by atoms with Gasteiger partial charge in [-0.1, -0.05) is 237 Å². The van der Waals surface area contributed by atoms with Crippen LogP contribution in [0.3, 0.4) is 0 Å². The average molecular weight is 1360 g/mol. The van der Waals surface area contributed by atoms with E-state index in [9.17, 15) is 75.7 Å². The smallest absolute Gasteiger partial charge is 0.364 e. The van der Waals surface area contributed by atoms with Crippen LogP contribution in [0.4, 0.5) is 0 Å². The van der Waals surface area contributed by atoms with E-state index < -0.39 is 155 Å². The van der Waals surface area contributed by atoms with Gasteiger partial charge in [0, 0.05) is 19.8 Å². The number of unbranched alkanes of at least 4 members (excludes halogenated alkanes) is 35. The first-order valence-electron chi connectivity index (χ1n) is 37.2. The number of carbonyl (C=O) groups is 3. The lowest BCUT2D eigenvalue weighted by Gasteiger charge is -2.50. The molecule has 0 spiro atoms. The van der Waals surface area contributed by atoms with E-state index in [1.54, 1.807) is 6.08 Å². The summed E-state index contributed by atoms with van der Waals surface area (Å²) in [6.45, 7) is 2.16. The fourth-order valence-electron chi connectivity index (χ4n) is 12.9. The minimum absolute atomic E-state index is 0.191. The molecule has 556 valence electrons. The molecule has 3 saturated heterocycles. The SMILES string of the molecule is CCCCCCCCCCC/C=C\CCCCCCCC(=O)NC(COC1OC(CO)C(OC2OC(CO)C(O)C(OC3(C(=O)O)CC(O)C(NC(C)=O)C(C(O)C(O)CO)O3)C2O)C(O)C1O)C(O)/C=C/CCCCCCCCCCCCCCCCCCCCCCC. The molecule has 18 atom stereocenters. The summed E-state index contributed by atoms with van der Waals surface area (Å²) in [4.78, 5) is 38.6. The second-order valence-corrected chi connectivity index (χ2v) is 27.2. The summed E-state index contributed by atoms with van der Waals surface area (Å²) in [6.07, 6.45) is 25.0. The fourth-order valence-corrected chi connectivity index (χ4v) is 12.9. The molecule has 0 saturated carbocycles. The summed E-state index contributed by atoms with van der Waals surface area (Å²) in [5.74, 6) is -6.15. The van der Waals surface area contributed by atoms with E-state index in [0.717, 1.165) is 64.7 Å². The topological polar surface area (TPSA) is 373 Å². The lowest BCUT2D eigenvalue weighted by molar-refractivity contribution is -0.386. The lowest BCUT2D eigenvalue weighted by atomic mass is 9.88. The molecule has 0 aromatic heterocycles. The monoisotopic (exact) mass is 1360 g/mol. The van der Waals surface area contributed by atoms with Crippen LogP contribution in [0.5, 0.6) is 0 Å². The molecule has 95 heavy (non-hydrogen) atoms. The number of nitrogens with one attached hydrogen (secondary N) is 2. The molecule has 0 aromatic carbocycles. The van der Waals surface area contributed by atoms with E-state index in [-0.39, 0.29) is 12.3 Å². The molecule has 3 aliphatic heterocycles. The zero-order valence-electron chi connectivity index (χ0n) is 58.3. The van der Waals surface area contributed by atoms with Gasteiger partial charge < -0.3 is 100 Å². The Hall–Kier alpha value is -2.79. The quantitative estimate of drug-likeness (QED) is 0.0202. The Balaban J connectivity index is 1.58. The van der Waals surface area contributed by atoms with Crippen molar-refractivity contribution in [1.82, 2.24) is 10.6 Å². The van der Waals surface area contributed by atoms with Crippen molar-refractivity contribution in [2.24, 2.45) is 0 Å². The number of hydrogen-bond acceptors (Lipinski definition) is 20. The molecule has 14 N–H and O–H groups in total. The van der Waals surface area contributed by atoms with Gasteiger partial charge in [0.2, 0.25) is 11.8 Å². The van der Waals surface area contributed by atoms with Gasteiger partial charge in [0.25, 0.3) is 5.79 Å². The number of carboxylic acids is 1. The third kappa shape index (κ3) is 34.0. The Morgan fingerprint density at radius 3 is 1.43 bits per heavy atom. The van der Waals surface area contributed by atoms with Gasteiger partial charge in [-0.15, -0.1) is 0 Å². The molecule has 0 aromatic rings. The van der Waals surface area contributed by atoms with Crippen molar-refractivity contribution in [2.45, 2.75) is 387 Å². The van der Waals surface area contributed by atoms with Crippen molar-refractivity contribution in [1.29, 1.82) is 0 Å². The van der Waals surface area contributed by atoms with Gasteiger partial charge in [-0.25, -0.2) is 4.79 Å². The zero-order valence-corrected chi connectivity index (χ0v) is 58.3. The second kappa shape index (κ2) is 52.2. The first kappa shape index (κ1) is 86.4. The third-order valence-electron chi connectivity index (χ3n) is 18.9. The van der Waals surface area contributed by atoms with Gasteiger partial charge in [-0.3, -0.25) is 9.59 Å². The van der Waals surface area contributed by atoms with Gasteiger partial charge in [0.05, 0.1) is 50.7 Å². The van der Waals surface area contributed by atoms with E-state index in [0.29, 0.717) is 12.8 Å². The van der Waals surface area contributed by atoms with E-state index >= 15 is 0 Å². The molecule has 3 heterocycles. The molecule has 2 amide bonds. The Labute approximate surface area is 568 Å². The number of aliphatic hydroxyl groups excluding tert-OH is 11. The standard InChI is InChI=1S/C72H132N2O21/c1-4-6-8-10-12-14-16-18-20-22-24-25-26-27-28-29-31-33-35-37-39-41-43-45-54(79)53(74-59(82)46-44-42-40-38-36-34-32-30-23-21-19-17-15-13-11-9-7-5-2)51-90-69-64(86)63(85)66(58(50-77)92-69)93-70-65(87)68(62(84)57(49-76)91-70)95-72(71(88)89)47-55(80)60(73-52(3)78)67(94-72)61(83)56(81)48-75/h30,32,43,45,53-58,60-70,75-77,79-81,83-87H,4-29,31,33-42,44,46-51H2,1-3H3,(H,73,78)(H,74,82)(H,88,89)/b32-30-,45-43+. The molecule has 3 rings (SSSR count). The maximum absolute atomic E-state index is 13.5. The van der Waals surface area contributed by atoms with Crippen molar-refractivity contribution in [3.8, 4) is 0 Å². The molecule has 0 bridgehead atoms. The summed E-state index contributed by atoms with van der Waals surface area (Å²) < 4.78 is 34.8. The Kier molecular flexibility index (Phi) is 47.5. The Bertz CT molecular complexity index is 2010. The number of rotatable bonds is 57. The van der Waals surface area contributed by atoms with Crippen molar-refractivity contribution >= 4 is 17.8 Å². The molecule has 3 aliphatic rings. The van der Waals surface area contributed by atoms with Crippen molar-refractivity contribution in [3.63, 3.8) is 0 Å². The first-order valence-corrected chi connectivity index (χ1v) is 37.2. The van der Waals surface area contributed by atoms with Crippen molar-refractivity contribution in [3.05, 3.63) is 24.3 Å². The van der Waals surface area contributed by atoms with Crippen molar-refractivity contribution in [2.75, 3.05) is 26.4 Å². The number of carbonyl (C=O) groups excluding carboxylic acids is 2. The van der Waals surface area contributed by atoms with Crippen LogP contribution in [-0.4, -0.2) is 215 Å². The third-order valence-corrected chi connectivity index (χ3v) is 18.9. The number of hydrogen-bond donors (Lipinski definition) is 14. The zero-order chi connectivity index (χ0) is 69.6. The lowest BCUT2D eigenvalue weighted by Crippen LogP contribution is -2.70. The summed E-state index contributed by atoms with van der Waals surface area (Å²) in [6, 6.07) is -2.62. The number of aliphatic carboxylic acids is 1. The van der Waals surface area contributed by atoms with Crippen LogP contribution in [0.1, 0.15) is 278 Å². The van der Waals surface area contributed by atoms with E-state index in [2.05, 4.69) is 36.6 Å². The van der Waals surface area contributed by atoms with Crippen LogP contribution in [0, 0.1) is 0 Å². The molecule has 0 radical (unpaired) electrons. The Morgan fingerprint density at radius 1 is 0.547 bits per heavy atom. The molecule has 18 unspecified atom stereocenters. The maximum atomic E-state index is 13.5. The van der Waals surface area contributed by atoms with Gasteiger partial charge in [-0.2, -0.15) is 0 Å². The van der Waals surface area contributed by atoms with Gasteiger partial charge in [0.1, 0.15) is 67.1 Å². The van der Waals surface area contributed by atoms with Gasteiger partial charge in [-0.05, 0) is 44.9 Å². The van der Waals surface area contributed by atoms with E-state index in [4.69, 9.17) is 28.4 Å². The number of carboxylic acid groups (broad SMARTS) is 1. The predicted octanol–water partition coefficient (Wildman–Crippen LogP) is 8.01. The minimum Gasteiger partial charge on any atom is -0.477 e. The van der Waals surface area contributed by atoms with Crippen LogP contribution in [-0.2, 0) is 42.8 Å². The van der Waals surface area contributed by atoms with Crippen LogP contribution in [0.15, 0.2) is 24.3 Å². The number of allylic oxidation sites excluding steroid dienone is 3. The highest BCUT2D eigenvalue weighted by atomic mass is 16.8. The first-order chi connectivity index (χ1) is 45.9.